The van der Waals surface area contributed by atoms with Crippen LogP contribution in [-0.2, 0) is 16.6 Å². The smallest absolute Gasteiger partial charge is 0.315 e. The number of rotatable bonds is 12. The Balaban J connectivity index is 1.79. The number of para-hydroxylation sites is 2. The molecule has 3 heterocycles. The number of hydrogen-bond donors (Lipinski definition) is 3. The number of pyridine rings is 2. The first-order valence-corrected chi connectivity index (χ1v) is 14.9. The molecular formula is C29H33N7O6S. The van der Waals surface area contributed by atoms with Crippen LogP contribution < -0.4 is 29.6 Å². The zero-order valence-corrected chi connectivity index (χ0v) is 25.2. The molecule has 226 valence electrons. The van der Waals surface area contributed by atoms with E-state index in [0.717, 1.165) is 5.56 Å². The molecule has 0 aliphatic heterocycles. The van der Waals surface area contributed by atoms with Gasteiger partial charge in [0.1, 0.15) is 0 Å². The van der Waals surface area contributed by atoms with Crippen molar-refractivity contribution >= 4 is 21.9 Å². The molecule has 43 heavy (non-hydrogen) atoms. The summed E-state index contributed by atoms with van der Waals surface area (Å²) in [5, 5.41) is 5.16. The van der Waals surface area contributed by atoms with Gasteiger partial charge in [0, 0.05) is 24.5 Å². The molecule has 0 unspecified atom stereocenters. The van der Waals surface area contributed by atoms with E-state index < -0.39 is 10.0 Å². The van der Waals surface area contributed by atoms with Crippen LogP contribution in [0.1, 0.15) is 37.9 Å². The minimum Gasteiger partial charge on any atom is -0.493 e. The van der Waals surface area contributed by atoms with Crippen molar-refractivity contribution in [1.82, 2.24) is 30.6 Å². The Hall–Kier alpha value is -4.98. The molecule has 3 N–H and O–H groups in total. The molecule has 0 aliphatic rings. The van der Waals surface area contributed by atoms with Crippen molar-refractivity contribution in [3.63, 3.8) is 0 Å². The van der Waals surface area contributed by atoms with Crippen LogP contribution in [0.3, 0.4) is 0 Å². The fourth-order valence-corrected chi connectivity index (χ4v) is 4.79. The zero-order chi connectivity index (χ0) is 31.0. The van der Waals surface area contributed by atoms with Gasteiger partial charge in [0.25, 0.3) is 15.9 Å². The summed E-state index contributed by atoms with van der Waals surface area (Å²) in [5.41, 5.74) is 1.90. The fourth-order valence-electron chi connectivity index (χ4n) is 3.85. The maximum atomic E-state index is 13.5. The van der Waals surface area contributed by atoms with Crippen molar-refractivity contribution in [3.05, 3.63) is 72.2 Å². The van der Waals surface area contributed by atoms with Crippen LogP contribution in [0.2, 0.25) is 0 Å². The molecule has 0 bridgehead atoms. The number of methoxy groups -OCH3 is 2. The van der Waals surface area contributed by atoms with Crippen molar-refractivity contribution in [3.8, 4) is 34.5 Å². The molecule has 13 nitrogen and oxygen atoms in total. The minimum absolute atomic E-state index is 0.0458. The molecule has 2 amide bonds. The highest BCUT2D eigenvalue weighted by Gasteiger charge is 2.26. The fraction of sp³-hybridized carbons (Fsp3) is 0.276. The minimum atomic E-state index is -4.23. The molecule has 4 aromatic rings. The first kappa shape index (κ1) is 31.0. The molecule has 0 radical (unpaired) electrons. The summed E-state index contributed by atoms with van der Waals surface area (Å²) in [6.45, 7) is 6.41. The van der Waals surface area contributed by atoms with E-state index in [1.54, 1.807) is 42.5 Å². The van der Waals surface area contributed by atoms with Gasteiger partial charge in [0.05, 0.1) is 26.5 Å². The van der Waals surface area contributed by atoms with Gasteiger partial charge in [-0.3, -0.25) is 9.71 Å². The van der Waals surface area contributed by atoms with E-state index in [9.17, 15) is 13.2 Å². The molecule has 0 saturated heterocycles. The predicted octanol–water partition coefficient (Wildman–Crippen LogP) is 4.49. The number of urea groups is 1. The molecule has 3 aromatic heterocycles. The Morgan fingerprint density at radius 1 is 0.953 bits per heavy atom. The molecule has 0 saturated carbocycles. The van der Waals surface area contributed by atoms with Crippen molar-refractivity contribution in [2.24, 2.45) is 0 Å². The second-order valence-corrected chi connectivity index (χ2v) is 11.1. The van der Waals surface area contributed by atoms with Crippen molar-refractivity contribution in [2.45, 2.75) is 38.3 Å². The van der Waals surface area contributed by atoms with Crippen LogP contribution in [0.15, 0.2) is 66.0 Å². The van der Waals surface area contributed by atoms with E-state index >= 15 is 0 Å². The third-order valence-electron chi connectivity index (χ3n) is 6.08. The van der Waals surface area contributed by atoms with Gasteiger partial charge in [-0.1, -0.05) is 32.0 Å². The summed E-state index contributed by atoms with van der Waals surface area (Å²) < 4.78 is 46.5. The number of nitrogens with one attached hydrogen (secondary N) is 3. The number of aromatic nitrogens is 4. The van der Waals surface area contributed by atoms with Crippen molar-refractivity contribution in [1.29, 1.82) is 0 Å². The SMILES string of the molecule is CCNC(=O)NCc1cc(-c2nc(NS(=O)(=O)c3ccc(C(C)C)cn3)c(Oc3ccccc3OC)c(OC)n2)ccn1. The quantitative estimate of drug-likeness (QED) is 0.209. The standard InChI is InChI=1S/C29H33N7O6S/c1-6-30-29(37)33-17-21-15-19(13-14-31-21)26-34-27(36-43(38,39)24-12-11-20(16-32-24)18(2)3)25(28(35-26)41-5)42-23-10-8-7-9-22(23)40-4/h7-16,18H,6,17H2,1-5H3,(H2,30,33,37)(H,34,35,36). The lowest BCUT2D eigenvalue weighted by Crippen LogP contribution is -2.34. The summed E-state index contributed by atoms with van der Waals surface area (Å²) in [6.07, 6.45) is 3.05. The maximum absolute atomic E-state index is 13.5. The van der Waals surface area contributed by atoms with E-state index in [0.29, 0.717) is 23.6 Å². The predicted molar refractivity (Wildman–Crippen MR) is 160 cm³/mol. The summed E-state index contributed by atoms with van der Waals surface area (Å²) in [5.74, 6) is 0.635. The third-order valence-corrected chi connectivity index (χ3v) is 7.34. The second-order valence-electron chi connectivity index (χ2n) is 9.43. The number of nitrogens with zero attached hydrogens (tertiary/aromatic N) is 4. The molecule has 14 heteroatoms. The van der Waals surface area contributed by atoms with Crippen molar-refractivity contribution in [2.75, 3.05) is 25.5 Å². The van der Waals surface area contributed by atoms with E-state index in [4.69, 9.17) is 14.2 Å². The van der Waals surface area contributed by atoms with Crippen LogP contribution in [0, 0.1) is 0 Å². The average molecular weight is 608 g/mol. The molecular weight excluding hydrogens is 574 g/mol. The largest absolute Gasteiger partial charge is 0.493 e. The Morgan fingerprint density at radius 2 is 1.72 bits per heavy atom. The molecule has 0 spiro atoms. The van der Waals surface area contributed by atoms with Gasteiger partial charge >= 0.3 is 6.03 Å². The third kappa shape index (κ3) is 7.65. The number of anilines is 1. The Bertz CT molecular complexity index is 1680. The highest BCUT2D eigenvalue weighted by Crippen LogP contribution is 2.41. The molecule has 4 rings (SSSR count). The van der Waals surface area contributed by atoms with Gasteiger partial charge < -0.3 is 24.8 Å². The van der Waals surface area contributed by atoms with Gasteiger partial charge in [-0.05, 0) is 48.7 Å². The summed E-state index contributed by atoms with van der Waals surface area (Å²) in [7, 11) is -1.37. The number of ether oxygens (including phenoxy) is 3. The first-order chi connectivity index (χ1) is 20.6. The lowest BCUT2D eigenvalue weighted by atomic mass is 10.1. The topological polar surface area (TPSA) is 167 Å². The maximum Gasteiger partial charge on any atom is 0.315 e. The Labute approximate surface area is 250 Å². The Kier molecular flexibility index (Phi) is 9.93. The summed E-state index contributed by atoms with van der Waals surface area (Å²) in [4.78, 5) is 29.3. The zero-order valence-electron chi connectivity index (χ0n) is 24.4. The van der Waals surface area contributed by atoms with E-state index in [1.165, 1.54) is 32.7 Å². The summed E-state index contributed by atoms with van der Waals surface area (Å²) in [6, 6.07) is 12.9. The van der Waals surface area contributed by atoms with Crippen LogP contribution in [0.25, 0.3) is 11.4 Å². The van der Waals surface area contributed by atoms with Crippen LogP contribution in [-0.4, -0.2) is 55.1 Å². The van der Waals surface area contributed by atoms with E-state index in [1.807, 2.05) is 20.8 Å². The van der Waals surface area contributed by atoms with Gasteiger partial charge in [-0.25, -0.2) is 14.8 Å². The van der Waals surface area contributed by atoms with Gasteiger partial charge in [0.2, 0.25) is 5.75 Å². The molecule has 0 aliphatic carbocycles. The number of hydrogen-bond acceptors (Lipinski definition) is 10. The average Bonchev–Trinajstić information content (AvgIpc) is 3.01. The highest BCUT2D eigenvalue weighted by atomic mass is 32.2. The van der Waals surface area contributed by atoms with Gasteiger partial charge in [-0.15, -0.1) is 0 Å². The highest BCUT2D eigenvalue weighted by molar-refractivity contribution is 7.92. The Morgan fingerprint density at radius 3 is 2.37 bits per heavy atom. The normalized spacial score (nSPS) is 11.1. The number of sulfonamides is 1. The van der Waals surface area contributed by atoms with Gasteiger partial charge in [0.15, 0.2) is 28.2 Å². The first-order valence-electron chi connectivity index (χ1n) is 13.4. The number of benzene rings is 1. The monoisotopic (exact) mass is 607 g/mol. The van der Waals surface area contributed by atoms with Crippen LogP contribution in [0.4, 0.5) is 10.6 Å². The second kappa shape index (κ2) is 13.8. The van der Waals surface area contributed by atoms with Crippen LogP contribution in [0.5, 0.6) is 23.1 Å². The lowest BCUT2D eigenvalue weighted by Gasteiger charge is -2.17. The number of carbonyl (C=O) groups is 1. The van der Waals surface area contributed by atoms with E-state index in [-0.39, 0.29) is 52.5 Å². The number of carbonyl (C=O) groups excluding carboxylic acids is 1. The summed E-state index contributed by atoms with van der Waals surface area (Å²) >= 11 is 0. The molecule has 0 fully saturated rings. The van der Waals surface area contributed by atoms with Gasteiger partial charge in [-0.2, -0.15) is 13.4 Å². The van der Waals surface area contributed by atoms with Crippen LogP contribution >= 0.6 is 0 Å². The number of amides is 2. The molecule has 0 atom stereocenters. The lowest BCUT2D eigenvalue weighted by molar-refractivity contribution is 0.241. The van der Waals surface area contributed by atoms with Crippen molar-refractivity contribution < 1.29 is 27.4 Å². The molecule has 1 aromatic carbocycles. The van der Waals surface area contributed by atoms with E-state index in [2.05, 4.69) is 35.3 Å².